The second-order valence-corrected chi connectivity index (χ2v) is 22.1. The van der Waals surface area contributed by atoms with Gasteiger partial charge in [-0.25, -0.2) is 4.98 Å². The molecule has 85 heavy (non-hydrogen) atoms. The fraction of sp³-hybridized carbons (Fsp3) is 0.485. The van der Waals surface area contributed by atoms with Crippen LogP contribution in [-0.4, -0.2) is 182 Å². The Balaban J connectivity index is 0.000000234. The highest BCUT2D eigenvalue weighted by Gasteiger charge is 2.18. The first kappa shape index (κ1) is 68.7. The average Bonchev–Trinajstić information content (AvgIpc) is 3.88. The molecule has 1 saturated heterocycles. The zero-order valence-electron chi connectivity index (χ0n) is 50.7. The van der Waals surface area contributed by atoms with Crippen molar-refractivity contribution in [1.82, 2.24) is 60.5 Å². The number of anilines is 2. The van der Waals surface area contributed by atoms with E-state index in [1.165, 1.54) is 29.5 Å². The number of hydrogen-bond donors (Lipinski definition) is 6. The van der Waals surface area contributed by atoms with E-state index in [0.29, 0.717) is 32.3 Å². The number of hydrogen-bond acceptors (Lipinski definition) is 16. The largest absolute Gasteiger partial charge is 0.490 e. The number of ether oxygens (including phenoxy) is 4. The number of unbranched alkanes of at least 4 members (excludes halogenated alkanes) is 1. The second-order valence-electron chi connectivity index (χ2n) is 22.1. The van der Waals surface area contributed by atoms with Gasteiger partial charge in [0.1, 0.15) is 42.9 Å². The van der Waals surface area contributed by atoms with Crippen LogP contribution in [0.3, 0.4) is 0 Å². The van der Waals surface area contributed by atoms with Crippen molar-refractivity contribution in [3.05, 3.63) is 138 Å². The zero-order valence-corrected chi connectivity index (χ0v) is 50.7. The van der Waals surface area contributed by atoms with Crippen molar-refractivity contribution in [2.75, 3.05) is 137 Å². The first-order valence-corrected chi connectivity index (χ1v) is 29.5. The molecule has 0 aliphatic carbocycles. The molecule has 0 bridgehead atoms. The van der Waals surface area contributed by atoms with Crippen molar-refractivity contribution < 1.29 is 18.9 Å². The van der Waals surface area contributed by atoms with E-state index >= 15 is 0 Å². The summed E-state index contributed by atoms with van der Waals surface area (Å²) in [7, 11) is 8.32. The highest BCUT2D eigenvalue weighted by Crippen LogP contribution is 2.35. The molecule has 0 amide bonds. The van der Waals surface area contributed by atoms with Gasteiger partial charge in [-0.15, -0.1) is 0 Å². The van der Waals surface area contributed by atoms with E-state index < -0.39 is 0 Å². The topological polar surface area (TPSA) is 202 Å². The van der Waals surface area contributed by atoms with Crippen LogP contribution in [0, 0.1) is 12.8 Å². The van der Waals surface area contributed by atoms with Gasteiger partial charge in [0, 0.05) is 124 Å². The second kappa shape index (κ2) is 36.7. The summed E-state index contributed by atoms with van der Waals surface area (Å²) >= 11 is 0. The maximum absolute atomic E-state index is 5.81. The predicted octanol–water partition coefficient (Wildman–Crippen LogP) is 10.4. The molecule has 7 aromatic rings. The summed E-state index contributed by atoms with van der Waals surface area (Å²) in [5, 5.41) is 28.6. The minimum Gasteiger partial charge on any atom is -0.490 e. The van der Waals surface area contributed by atoms with E-state index in [1.807, 2.05) is 80.4 Å². The molecule has 0 saturated carbocycles. The third kappa shape index (κ3) is 22.4. The van der Waals surface area contributed by atoms with Gasteiger partial charge in [0.25, 0.3) is 0 Å². The first-order valence-electron chi connectivity index (χ1n) is 29.5. The summed E-state index contributed by atoms with van der Waals surface area (Å²) in [6, 6.07) is 26.6. The maximum atomic E-state index is 5.81. The Bertz CT molecular complexity index is 2950. The Kier molecular flexibility index (Phi) is 29.6. The number of fused-ring (bicyclic) bond motifs is 1. The Morgan fingerprint density at radius 2 is 1.31 bits per heavy atom. The molecule has 0 radical (unpaired) electrons. The molecule has 0 atom stereocenters. The number of nitrogens with zero attached hydrogens (tertiary/aromatic N) is 9. The lowest BCUT2D eigenvalue weighted by molar-refractivity contribution is 0.0376. The van der Waals surface area contributed by atoms with Gasteiger partial charge < -0.3 is 54.9 Å². The molecular weight excluding hydrogens is 1070 g/mol. The molecule has 0 unspecified atom stereocenters. The van der Waals surface area contributed by atoms with E-state index in [-0.39, 0.29) is 14.9 Å². The highest BCUT2D eigenvalue weighted by molar-refractivity contribution is 5.72. The Morgan fingerprint density at radius 1 is 0.706 bits per heavy atom. The molecular formula is C66H101N15O4. The number of pyridine rings is 1. The number of aromatic nitrogens is 7. The molecule has 19 heteroatoms. The van der Waals surface area contributed by atoms with Gasteiger partial charge >= 0.3 is 0 Å². The van der Waals surface area contributed by atoms with Crippen LogP contribution in [0.4, 0.5) is 11.5 Å². The summed E-state index contributed by atoms with van der Waals surface area (Å²) in [6.07, 6.45) is 11.3. The minimum absolute atomic E-state index is 0. The summed E-state index contributed by atoms with van der Waals surface area (Å²) in [6.45, 7) is 28.3. The Morgan fingerprint density at radius 3 is 1.91 bits per heavy atom. The lowest BCUT2D eigenvalue weighted by Crippen LogP contribution is -2.38. The van der Waals surface area contributed by atoms with Gasteiger partial charge in [0.2, 0.25) is 0 Å². The number of likely N-dealkylation sites (N-methyl/N-ethyl adjacent to an activating group) is 3. The molecule has 6 heterocycles. The molecule has 464 valence electrons. The summed E-state index contributed by atoms with van der Waals surface area (Å²) in [5.41, 5.74) is 18.6. The van der Waals surface area contributed by atoms with Crippen LogP contribution in [0.25, 0.3) is 33.8 Å². The van der Waals surface area contributed by atoms with Crippen LogP contribution < -0.4 is 35.5 Å². The Hall–Kier alpha value is -7.10. The van der Waals surface area contributed by atoms with Crippen molar-refractivity contribution >= 4 is 11.5 Å². The number of nitrogens with one attached hydrogen (secondary N) is 5. The summed E-state index contributed by atoms with van der Waals surface area (Å²) in [4.78, 5) is 16.6. The number of morpholine rings is 1. The molecule has 9 rings (SSSR count). The standard InChI is InChI=1S/C24H41N7O.C24H31N3O2.C16H21N5O.2CH4/c1-20(2)18-31(10-5-9-30-12-14-32-15-13-30)23-7-6-21(16-26-23)24-22(17-27-28-24)19-29(4)11-8-25-3;1-4-5-13-27(3)18-21-17-25-26-24(21)20-9-11-22(12-10-20)28-14-15-29-23-8-6-7-19(2)16-23;1-11-10-22-15-7-12(3-4-14(15)19-11)16-13(8-18-20-16)9-21(2)6-5-17;;/h6-7,16-17,20,25H,5,8-15,18-19H2,1-4H3,(H,27,28);6-12,16-17H,4-5,13-15,18H2,1-3H3,(H,25,26);3-4,7-8,19H,1,5-6,9-10,17H2,2H3,(H,18,20);2*1H4. The maximum Gasteiger partial charge on any atom is 0.143 e. The minimum atomic E-state index is 0. The molecule has 2 aliphatic rings. The third-order valence-electron chi connectivity index (χ3n) is 14.3. The van der Waals surface area contributed by atoms with E-state index in [4.69, 9.17) is 29.7 Å². The van der Waals surface area contributed by atoms with Crippen LogP contribution in [0.1, 0.15) is 77.1 Å². The van der Waals surface area contributed by atoms with Crippen LogP contribution >= 0.6 is 0 Å². The first-order chi connectivity index (χ1) is 40.4. The van der Waals surface area contributed by atoms with Crippen molar-refractivity contribution in [3.63, 3.8) is 0 Å². The smallest absolute Gasteiger partial charge is 0.143 e. The van der Waals surface area contributed by atoms with E-state index in [0.717, 1.165) is 172 Å². The van der Waals surface area contributed by atoms with Crippen molar-refractivity contribution in [1.29, 1.82) is 0 Å². The lowest BCUT2D eigenvalue weighted by atomic mass is 10.1. The molecule has 0 spiro atoms. The number of benzene rings is 3. The van der Waals surface area contributed by atoms with Gasteiger partial charge in [-0.05, 0) is 127 Å². The monoisotopic (exact) mass is 1170 g/mol. The van der Waals surface area contributed by atoms with Crippen molar-refractivity contribution in [2.45, 2.75) is 81.4 Å². The normalized spacial score (nSPS) is 13.0. The highest BCUT2D eigenvalue weighted by atomic mass is 16.5. The molecule has 7 N–H and O–H groups in total. The quantitative estimate of drug-likeness (QED) is 0.0242. The van der Waals surface area contributed by atoms with Crippen LogP contribution in [-0.2, 0) is 24.4 Å². The third-order valence-corrected chi connectivity index (χ3v) is 14.3. The van der Waals surface area contributed by atoms with Crippen molar-refractivity contribution in [3.8, 4) is 51.0 Å². The van der Waals surface area contributed by atoms with E-state index in [1.54, 1.807) is 0 Å². The number of H-pyrrole nitrogens is 3. The predicted molar refractivity (Wildman–Crippen MR) is 350 cm³/mol. The van der Waals surface area contributed by atoms with Crippen LogP contribution in [0.5, 0.6) is 17.2 Å². The number of rotatable bonds is 29. The van der Waals surface area contributed by atoms with Crippen LogP contribution in [0.2, 0.25) is 0 Å². The van der Waals surface area contributed by atoms with Crippen molar-refractivity contribution in [2.24, 2.45) is 11.7 Å². The molecule has 2 aliphatic heterocycles. The number of aromatic amines is 3. The molecule has 4 aromatic heterocycles. The van der Waals surface area contributed by atoms with Gasteiger partial charge in [-0.2, -0.15) is 15.3 Å². The average molecular weight is 1170 g/mol. The lowest BCUT2D eigenvalue weighted by Gasteiger charge is -2.29. The van der Waals surface area contributed by atoms with Gasteiger partial charge in [-0.3, -0.25) is 20.2 Å². The van der Waals surface area contributed by atoms with E-state index in [9.17, 15) is 0 Å². The summed E-state index contributed by atoms with van der Waals surface area (Å²) in [5.74, 6) is 4.19. The van der Waals surface area contributed by atoms with Gasteiger partial charge in [-0.1, -0.05) is 66.8 Å². The zero-order chi connectivity index (χ0) is 58.8. The molecule has 1 fully saturated rings. The van der Waals surface area contributed by atoms with Gasteiger partial charge in [0.15, 0.2) is 0 Å². The molecule has 3 aromatic carbocycles. The SMILES string of the molecule is C.C.C=C1COc2cc(-c3[nH]ncc3CN(C)CCN)ccc2N1.CCCCN(C)Cc1cn[nH]c1-c1ccc(OCCOc2cccc(C)c2)cc1.CNCCN(C)Cc1cn[nH]c1-c1ccc(N(CCCN2CCOCC2)CC(C)C)nc1. The fourth-order valence-electron chi connectivity index (χ4n) is 9.91. The summed E-state index contributed by atoms with van der Waals surface area (Å²) < 4.78 is 22.7. The van der Waals surface area contributed by atoms with Crippen LogP contribution in [0.15, 0.2) is 116 Å². The number of nitrogens with two attached hydrogens (primary N) is 1. The molecule has 19 nitrogen and oxygen atoms in total. The van der Waals surface area contributed by atoms with E-state index in [2.05, 4.69) is 151 Å². The Labute approximate surface area is 508 Å². The fourth-order valence-corrected chi connectivity index (χ4v) is 9.91. The number of aryl methyl sites for hydroxylation is 1. The van der Waals surface area contributed by atoms with Gasteiger partial charge in [0.05, 0.1) is 54.6 Å².